The standard InChI is InChI=1S/C23H23N5OS.ClH/c1-3-9-19(10-4-1)18-29-22-14-8-7-11-20(22)17-24-15-16-30-23-25-26-27-28(23)21-12-5-2-6-13-21;/h1-14,24H,15-18H2;1H. The van der Waals surface area contributed by atoms with Crippen LogP contribution in [0.2, 0.25) is 0 Å². The minimum Gasteiger partial charge on any atom is -0.489 e. The van der Waals surface area contributed by atoms with Crippen LogP contribution in [-0.4, -0.2) is 32.5 Å². The summed E-state index contributed by atoms with van der Waals surface area (Å²) in [6.45, 7) is 2.14. The Kier molecular flexibility index (Phi) is 8.90. The number of hydrogen-bond acceptors (Lipinski definition) is 6. The van der Waals surface area contributed by atoms with Gasteiger partial charge < -0.3 is 10.1 Å². The molecule has 0 spiro atoms. The van der Waals surface area contributed by atoms with Gasteiger partial charge in [0.2, 0.25) is 5.16 Å². The largest absolute Gasteiger partial charge is 0.489 e. The van der Waals surface area contributed by atoms with Crippen LogP contribution in [0.15, 0.2) is 90.1 Å². The highest BCUT2D eigenvalue weighted by Crippen LogP contribution is 2.20. The molecule has 3 aromatic carbocycles. The Labute approximate surface area is 192 Å². The zero-order valence-electron chi connectivity index (χ0n) is 16.9. The van der Waals surface area contributed by atoms with Gasteiger partial charge in [0.05, 0.1) is 5.69 Å². The zero-order valence-corrected chi connectivity index (χ0v) is 18.6. The maximum absolute atomic E-state index is 6.03. The summed E-state index contributed by atoms with van der Waals surface area (Å²) in [5.41, 5.74) is 3.27. The third-order valence-electron chi connectivity index (χ3n) is 4.48. The molecule has 0 atom stereocenters. The monoisotopic (exact) mass is 453 g/mol. The lowest BCUT2D eigenvalue weighted by Gasteiger charge is -2.12. The van der Waals surface area contributed by atoms with E-state index in [-0.39, 0.29) is 12.4 Å². The Hall–Kier alpha value is -2.87. The highest BCUT2D eigenvalue weighted by atomic mass is 35.5. The van der Waals surface area contributed by atoms with Gasteiger partial charge in [-0.25, -0.2) is 0 Å². The van der Waals surface area contributed by atoms with Crippen molar-refractivity contribution in [2.24, 2.45) is 0 Å². The molecule has 0 aliphatic heterocycles. The summed E-state index contributed by atoms with van der Waals surface area (Å²) >= 11 is 1.63. The predicted molar refractivity (Wildman–Crippen MR) is 126 cm³/mol. The van der Waals surface area contributed by atoms with Crippen LogP contribution < -0.4 is 10.1 Å². The smallest absolute Gasteiger partial charge is 0.214 e. The molecule has 31 heavy (non-hydrogen) atoms. The fourth-order valence-electron chi connectivity index (χ4n) is 2.96. The maximum Gasteiger partial charge on any atom is 0.214 e. The van der Waals surface area contributed by atoms with Crippen LogP contribution in [0, 0.1) is 0 Å². The van der Waals surface area contributed by atoms with Crippen molar-refractivity contribution in [1.82, 2.24) is 25.5 Å². The summed E-state index contributed by atoms with van der Waals surface area (Å²) in [6, 6.07) is 28.3. The van der Waals surface area contributed by atoms with Crippen molar-refractivity contribution in [1.29, 1.82) is 0 Å². The highest BCUT2D eigenvalue weighted by Gasteiger charge is 2.08. The normalized spacial score (nSPS) is 10.5. The summed E-state index contributed by atoms with van der Waals surface area (Å²) in [4.78, 5) is 0. The summed E-state index contributed by atoms with van der Waals surface area (Å²) < 4.78 is 7.79. The van der Waals surface area contributed by atoms with Crippen molar-refractivity contribution >= 4 is 24.2 Å². The van der Waals surface area contributed by atoms with E-state index >= 15 is 0 Å². The Morgan fingerprint density at radius 2 is 1.58 bits per heavy atom. The molecule has 8 heteroatoms. The molecule has 6 nitrogen and oxygen atoms in total. The number of tetrazole rings is 1. The van der Waals surface area contributed by atoms with E-state index in [9.17, 15) is 0 Å². The number of nitrogens with one attached hydrogen (secondary N) is 1. The molecule has 0 aliphatic rings. The van der Waals surface area contributed by atoms with Crippen LogP contribution in [0.5, 0.6) is 5.75 Å². The predicted octanol–water partition coefficient (Wildman–Crippen LogP) is 4.55. The molecule has 1 heterocycles. The lowest BCUT2D eigenvalue weighted by molar-refractivity contribution is 0.302. The third kappa shape index (κ3) is 6.55. The molecule has 0 aliphatic carbocycles. The first-order valence-corrected chi connectivity index (χ1v) is 10.8. The Morgan fingerprint density at radius 1 is 0.871 bits per heavy atom. The second-order valence-electron chi connectivity index (χ2n) is 6.62. The minimum atomic E-state index is 0. The average Bonchev–Trinajstić information content (AvgIpc) is 3.28. The summed E-state index contributed by atoms with van der Waals surface area (Å²) in [7, 11) is 0. The average molecular weight is 454 g/mol. The molecular weight excluding hydrogens is 430 g/mol. The van der Waals surface area contributed by atoms with E-state index in [1.165, 1.54) is 0 Å². The molecule has 0 unspecified atom stereocenters. The summed E-state index contributed by atoms with van der Waals surface area (Å²) in [6.07, 6.45) is 0. The van der Waals surface area contributed by atoms with E-state index in [0.717, 1.165) is 46.6 Å². The van der Waals surface area contributed by atoms with E-state index in [0.29, 0.717) is 6.61 Å². The zero-order chi connectivity index (χ0) is 20.4. The first-order chi connectivity index (χ1) is 14.9. The topological polar surface area (TPSA) is 64.9 Å². The van der Waals surface area contributed by atoms with Crippen LogP contribution in [0.4, 0.5) is 0 Å². The number of benzene rings is 3. The van der Waals surface area contributed by atoms with Gasteiger partial charge in [-0.2, -0.15) is 4.68 Å². The van der Waals surface area contributed by atoms with Crippen molar-refractivity contribution in [3.63, 3.8) is 0 Å². The van der Waals surface area contributed by atoms with Crippen molar-refractivity contribution in [3.05, 3.63) is 96.1 Å². The fraction of sp³-hybridized carbons (Fsp3) is 0.174. The summed E-state index contributed by atoms with van der Waals surface area (Å²) in [5.74, 6) is 1.77. The molecule has 0 fully saturated rings. The van der Waals surface area contributed by atoms with Crippen molar-refractivity contribution in [2.45, 2.75) is 18.3 Å². The molecule has 0 bridgehead atoms. The SMILES string of the molecule is Cl.c1ccc(COc2ccccc2CNCCSc2nnnn2-c2ccccc2)cc1. The summed E-state index contributed by atoms with van der Waals surface area (Å²) in [5, 5.41) is 16.3. The van der Waals surface area contributed by atoms with Crippen LogP contribution in [0.3, 0.4) is 0 Å². The van der Waals surface area contributed by atoms with E-state index < -0.39 is 0 Å². The van der Waals surface area contributed by atoms with Gasteiger partial charge in [0.1, 0.15) is 12.4 Å². The van der Waals surface area contributed by atoms with Gasteiger partial charge in [0.25, 0.3) is 0 Å². The number of halogens is 1. The molecule has 0 amide bonds. The lowest BCUT2D eigenvalue weighted by atomic mass is 10.2. The van der Waals surface area contributed by atoms with Crippen LogP contribution in [0.25, 0.3) is 5.69 Å². The molecular formula is C23H24ClN5OS. The number of ether oxygens (including phenoxy) is 1. The number of rotatable bonds is 10. The molecule has 0 radical (unpaired) electrons. The number of nitrogens with zero attached hydrogens (tertiary/aromatic N) is 4. The number of thioether (sulfide) groups is 1. The number of hydrogen-bond donors (Lipinski definition) is 1. The van der Waals surface area contributed by atoms with Crippen molar-refractivity contribution in [3.8, 4) is 11.4 Å². The van der Waals surface area contributed by atoms with Gasteiger partial charge in [0.15, 0.2) is 0 Å². The second kappa shape index (κ2) is 12.1. The Balaban J connectivity index is 0.00000272. The lowest BCUT2D eigenvalue weighted by Crippen LogP contribution is -2.17. The third-order valence-corrected chi connectivity index (χ3v) is 5.40. The highest BCUT2D eigenvalue weighted by molar-refractivity contribution is 7.99. The number of aromatic nitrogens is 4. The fourth-order valence-corrected chi connectivity index (χ4v) is 3.75. The van der Waals surface area contributed by atoms with Crippen LogP contribution >= 0.6 is 24.2 Å². The van der Waals surface area contributed by atoms with Gasteiger partial charge in [-0.1, -0.05) is 78.5 Å². The van der Waals surface area contributed by atoms with Gasteiger partial charge in [-0.3, -0.25) is 0 Å². The van der Waals surface area contributed by atoms with Gasteiger partial charge in [-0.15, -0.1) is 17.5 Å². The van der Waals surface area contributed by atoms with E-state index in [4.69, 9.17) is 4.74 Å². The van der Waals surface area contributed by atoms with Crippen molar-refractivity contribution < 1.29 is 4.74 Å². The molecule has 4 rings (SSSR count). The molecule has 1 aromatic heterocycles. The molecule has 0 saturated heterocycles. The molecule has 160 valence electrons. The molecule has 1 N–H and O–H groups in total. The van der Waals surface area contributed by atoms with Crippen LogP contribution in [-0.2, 0) is 13.2 Å². The van der Waals surface area contributed by atoms with E-state index in [2.05, 4.69) is 39.0 Å². The quantitative estimate of drug-likeness (QED) is 0.281. The van der Waals surface area contributed by atoms with Gasteiger partial charge >= 0.3 is 0 Å². The van der Waals surface area contributed by atoms with E-state index in [1.807, 2.05) is 66.7 Å². The maximum atomic E-state index is 6.03. The first-order valence-electron chi connectivity index (χ1n) is 9.82. The molecule has 0 saturated carbocycles. The second-order valence-corrected chi connectivity index (χ2v) is 7.68. The Bertz CT molecular complexity index is 1050. The Morgan fingerprint density at radius 3 is 2.39 bits per heavy atom. The number of para-hydroxylation sites is 2. The van der Waals surface area contributed by atoms with Gasteiger partial charge in [-0.05, 0) is 34.2 Å². The van der Waals surface area contributed by atoms with Crippen molar-refractivity contribution in [2.75, 3.05) is 12.3 Å². The minimum absolute atomic E-state index is 0. The van der Waals surface area contributed by atoms with Gasteiger partial charge in [0, 0.05) is 24.4 Å². The van der Waals surface area contributed by atoms with Crippen LogP contribution in [0.1, 0.15) is 11.1 Å². The molecule has 4 aromatic rings. The first kappa shape index (κ1) is 22.8. The van der Waals surface area contributed by atoms with E-state index in [1.54, 1.807) is 16.4 Å².